The van der Waals surface area contributed by atoms with Crippen molar-refractivity contribution in [3.8, 4) is 0 Å². The van der Waals surface area contributed by atoms with E-state index >= 15 is 0 Å². The third kappa shape index (κ3) is 7.96. The summed E-state index contributed by atoms with van der Waals surface area (Å²) < 4.78 is 17.3. The lowest BCUT2D eigenvalue weighted by Crippen LogP contribution is -2.45. The number of ether oxygens (including phenoxy) is 3. The van der Waals surface area contributed by atoms with Crippen LogP contribution in [0.2, 0.25) is 0 Å². The molecular formula is C22H40O4. The second kappa shape index (κ2) is 12.7. The summed E-state index contributed by atoms with van der Waals surface area (Å²) in [5.74, 6) is -0.0396. The number of unbranched alkanes of at least 4 members (excludes halogenated alkanes) is 8. The van der Waals surface area contributed by atoms with Gasteiger partial charge in [-0.1, -0.05) is 64.7 Å². The minimum atomic E-state index is -0.0641. The topological polar surface area (TPSA) is 44.8 Å². The molecule has 0 amide bonds. The normalized spacial score (nSPS) is 27.0. The van der Waals surface area contributed by atoms with Crippen molar-refractivity contribution in [2.75, 3.05) is 6.61 Å². The Morgan fingerprint density at radius 1 is 1.04 bits per heavy atom. The molecule has 0 aromatic rings. The monoisotopic (exact) mass is 368 g/mol. The van der Waals surface area contributed by atoms with Gasteiger partial charge in [-0.2, -0.15) is 0 Å². The van der Waals surface area contributed by atoms with E-state index in [9.17, 15) is 4.79 Å². The molecule has 4 atom stereocenters. The molecule has 2 aliphatic rings. The molecule has 0 aliphatic carbocycles. The van der Waals surface area contributed by atoms with Crippen molar-refractivity contribution in [1.29, 1.82) is 0 Å². The fourth-order valence-corrected chi connectivity index (χ4v) is 3.91. The summed E-state index contributed by atoms with van der Waals surface area (Å²) in [6.45, 7) is 5.04. The largest absolute Gasteiger partial charge is 0.461 e. The summed E-state index contributed by atoms with van der Waals surface area (Å²) in [7, 11) is 0. The van der Waals surface area contributed by atoms with E-state index in [0.717, 1.165) is 32.3 Å². The van der Waals surface area contributed by atoms with Gasteiger partial charge in [0, 0.05) is 13.0 Å². The van der Waals surface area contributed by atoms with Crippen LogP contribution in [-0.2, 0) is 19.0 Å². The third-order valence-corrected chi connectivity index (χ3v) is 5.80. The number of hydrogen-bond acceptors (Lipinski definition) is 4. The summed E-state index contributed by atoms with van der Waals surface area (Å²) in [6.07, 6.45) is 17.4. The van der Waals surface area contributed by atoms with E-state index < -0.39 is 0 Å². The van der Waals surface area contributed by atoms with Crippen molar-refractivity contribution in [3.63, 3.8) is 0 Å². The van der Waals surface area contributed by atoms with Crippen LogP contribution in [0.3, 0.4) is 0 Å². The van der Waals surface area contributed by atoms with E-state index in [-0.39, 0.29) is 30.4 Å². The summed E-state index contributed by atoms with van der Waals surface area (Å²) in [5, 5.41) is 0. The molecule has 0 aromatic carbocycles. The molecule has 0 spiro atoms. The van der Waals surface area contributed by atoms with Crippen LogP contribution in [0.5, 0.6) is 0 Å². The van der Waals surface area contributed by atoms with E-state index in [0.29, 0.717) is 0 Å². The van der Waals surface area contributed by atoms with Crippen molar-refractivity contribution in [2.45, 2.75) is 122 Å². The van der Waals surface area contributed by atoms with Gasteiger partial charge in [0.2, 0.25) is 0 Å². The van der Waals surface area contributed by atoms with Gasteiger partial charge in [-0.05, 0) is 32.6 Å². The number of cyclic esters (lactones) is 1. The van der Waals surface area contributed by atoms with Crippen LogP contribution in [0.25, 0.3) is 0 Å². The quantitative estimate of drug-likeness (QED) is 0.288. The number of rotatable bonds is 14. The van der Waals surface area contributed by atoms with Gasteiger partial charge >= 0.3 is 5.97 Å². The Balaban J connectivity index is 1.60. The minimum Gasteiger partial charge on any atom is -0.461 e. The maximum atomic E-state index is 11.4. The SMILES string of the molecule is CCCCCCCCCCC[C@H](CC1OC(=O)C1C)OC1CCCCO1. The van der Waals surface area contributed by atoms with Crippen LogP contribution in [0.4, 0.5) is 0 Å². The molecule has 0 saturated carbocycles. The van der Waals surface area contributed by atoms with E-state index in [2.05, 4.69) is 6.92 Å². The zero-order valence-corrected chi connectivity index (χ0v) is 17.0. The van der Waals surface area contributed by atoms with Gasteiger partial charge in [-0.15, -0.1) is 0 Å². The number of carbonyl (C=O) groups excluding carboxylic acids is 1. The Bertz CT molecular complexity index is 378. The maximum absolute atomic E-state index is 11.4. The van der Waals surface area contributed by atoms with Crippen LogP contribution in [-0.4, -0.2) is 31.1 Å². The van der Waals surface area contributed by atoms with Gasteiger partial charge in [0.15, 0.2) is 6.29 Å². The summed E-state index contributed by atoms with van der Waals surface area (Å²) in [6, 6.07) is 0. The van der Waals surface area contributed by atoms with Crippen molar-refractivity contribution in [2.24, 2.45) is 5.92 Å². The molecule has 2 heterocycles. The Hall–Kier alpha value is -0.610. The number of hydrogen-bond donors (Lipinski definition) is 0. The first-order chi connectivity index (χ1) is 12.7. The molecule has 0 N–H and O–H groups in total. The van der Waals surface area contributed by atoms with Gasteiger partial charge in [0.25, 0.3) is 0 Å². The minimum absolute atomic E-state index is 0.0245. The van der Waals surface area contributed by atoms with Gasteiger partial charge in [0.05, 0.1) is 12.0 Å². The smallest absolute Gasteiger partial charge is 0.312 e. The molecule has 2 aliphatic heterocycles. The fourth-order valence-electron chi connectivity index (χ4n) is 3.91. The predicted molar refractivity (Wildman–Crippen MR) is 104 cm³/mol. The Labute approximate surface area is 160 Å². The first-order valence-corrected chi connectivity index (χ1v) is 11.2. The predicted octanol–water partition coefficient (Wildman–Crippen LogP) is 5.77. The van der Waals surface area contributed by atoms with E-state index in [4.69, 9.17) is 14.2 Å². The molecule has 0 bridgehead atoms. The molecule has 2 saturated heterocycles. The van der Waals surface area contributed by atoms with Gasteiger partial charge in [0.1, 0.15) is 6.10 Å². The first-order valence-electron chi connectivity index (χ1n) is 11.2. The number of esters is 1. The standard InChI is InChI=1S/C22H40O4/c1-3-4-5-6-7-8-9-10-11-14-19(17-20-18(2)22(23)26-20)25-21-15-12-13-16-24-21/h18-21H,3-17H2,1-2H3/t18?,19-,20?,21?/m1/s1. The van der Waals surface area contributed by atoms with Crippen LogP contribution < -0.4 is 0 Å². The highest BCUT2D eigenvalue weighted by molar-refractivity contribution is 5.77. The summed E-state index contributed by atoms with van der Waals surface area (Å²) in [5.41, 5.74) is 0. The van der Waals surface area contributed by atoms with Gasteiger partial charge in [-0.3, -0.25) is 4.79 Å². The lowest BCUT2D eigenvalue weighted by molar-refractivity contribution is -0.209. The first kappa shape index (κ1) is 21.7. The number of carbonyl (C=O) groups is 1. The Kier molecular flexibility index (Phi) is 10.6. The van der Waals surface area contributed by atoms with E-state index in [1.165, 1.54) is 64.2 Å². The van der Waals surface area contributed by atoms with Crippen molar-refractivity contribution < 1.29 is 19.0 Å². The third-order valence-electron chi connectivity index (χ3n) is 5.80. The zero-order valence-electron chi connectivity index (χ0n) is 17.0. The average molecular weight is 369 g/mol. The molecule has 2 rings (SSSR count). The lowest BCUT2D eigenvalue weighted by atomic mass is 9.92. The molecule has 3 unspecified atom stereocenters. The molecule has 152 valence electrons. The van der Waals surface area contributed by atoms with Crippen LogP contribution in [0.1, 0.15) is 104 Å². The fraction of sp³-hybridized carbons (Fsp3) is 0.955. The lowest BCUT2D eigenvalue weighted by Gasteiger charge is -2.36. The second-order valence-electron chi connectivity index (χ2n) is 8.17. The Morgan fingerprint density at radius 3 is 2.31 bits per heavy atom. The zero-order chi connectivity index (χ0) is 18.6. The molecule has 2 fully saturated rings. The second-order valence-corrected chi connectivity index (χ2v) is 8.17. The van der Waals surface area contributed by atoms with Gasteiger partial charge < -0.3 is 14.2 Å². The van der Waals surface area contributed by atoms with Crippen LogP contribution in [0, 0.1) is 5.92 Å². The van der Waals surface area contributed by atoms with Crippen LogP contribution in [0.15, 0.2) is 0 Å². The van der Waals surface area contributed by atoms with Crippen molar-refractivity contribution in [3.05, 3.63) is 0 Å². The van der Waals surface area contributed by atoms with Gasteiger partial charge in [-0.25, -0.2) is 0 Å². The highest BCUT2D eigenvalue weighted by atomic mass is 16.7. The molecule has 4 heteroatoms. The average Bonchev–Trinajstić information content (AvgIpc) is 2.66. The van der Waals surface area contributed by atoms with Crippen molar-refractivity contribution in [1.82, 2.24) is 0 Å². The molecule has 0 aromatic heterocycles. The summed E-state index contributed by atoms with van der Waals surface area (Å²) >= 11 is 0. The van der Waals surface area contributed by atoms with E-state index in [1.54, 1.807) is 0 Å². The van der Waals surface area contributed by atoms with E-state index in [1.807, 2.05) is 6.92 Å². The molecule has 0 radical (unpaired) electrons. The molecule has 4 nitrogen and oxygen atoms in total. The van der Waals surface area contributed by atoms with Crippen LogP contribution >= 0.6 is 0 Å². The molecular weight excluding hydrogens is 328 g/mol. The Morgan fingerprint density at radius 2 is 1.73 bits per heavy atom. The molecule has 26 heavy (non-hydrogen) atoms. The highest BCUT2D eigenvalue weighted by Gasteiger charge is 2.40. The maximum Gasteiger partial charge on any atom is 0.312 e. The highest BCUT2D eigenvalue weighted by Crippen LogP contribution is 2.29. The summed E-state index contributed by atoms with van der Waals surface area (Å²) in [4.78, 5) is 11.4. The van der Waals surface area contributed by atoms with Crippen molar-refractivity contribution >= 4 is 5.97 Å².